The zero-order valence-corrected chi connectivity index (χ0v) is 8.55. The van der Waals surface area contributed by atoms with Gasteiger partial charge in [0.15, 0.2) is 0 Å². The Morgan fingerprint density at radius 1 is 1.40 bits per heavy atom. The second kappa shape index (κ2) is 6.68. The molecule has 0 aromatic heterocycles. The third kappa shape index (κ3) is 5.03. The summed E-state index contributed by atoms with van der Waals surface area (Å²) in [6.45, 7) is 4.33. The van der Waals surface area contributed by atoms with Crippen molar-refractivity contribution in [3.63, 3.8) is 0 Å². The van der Waals surface area contributed by atoms with E-state index in [9.17, 15) is 13.6 Å². The van der Waals surface area contributed by atoms with Gasteiger partial charge in [-0.2, -0.15) is 8.78 Å². The summed E-state index contributed by atoms with van der Waals surface area (Å²) < 4.78 is 28.7. The Bertz CT molecular complexity index is 197. The van der Waals surface area contributed by atoms with Gasteiger partial charge in [-0.1, -0.05) is 0 Å². The van der Waals surface area contributed by atoms with Crippen molar-refractivity contribution < 1.29 is 18.3 Å². The number of hydrogen-bond acceptors (Lipinski definition) is 3. The molecule has 6 heteroatoms. The molecule has 0 aromatic carbocycles. The van der Waals surface area contributed by atoms with Crippen LogP contribution in [0.4, 0.5) is 8.78 Å². The summed E-state index contributed by atoms with van der Waals surface area (Å²) in [7, 11) is 0. The van der Waals surface area contributed by atoms with Crippen molar-refractivity contribution in [1.29, 1.82) is 0 Å². The highest BCUT2D eigenvalue weighted by molar-refractivity contribution is 5.78. The Labute approximate surface area is 87.6 Å². The molecule has 1 amide bonds. The number of ether oxygens (including phenoxy) is 1. The summed E-state index contributed by atoms with van der Waals surface area (Å²) in [5.74, 6) is -1.18. The van der Waals surface area contributed by atoms with E-state index in [0.29, 0.717) is 13.0 Å². The summed E-state index contributed by atoms with van der Waals surface area (Å²) in [6.07, 6.45) is -2.22. The van der Waals surface area contributed by atoms with Gasteiger partial charge in [0.05, 0.1) is 13.2 Å². The highest BCUT2D eigenvalue weighted by atomic mass is 19.3. The van der Waals surface area contributed by atoms with Crippen molar-refractivity contribution in [1.82, 2.24) is 10.2 Å². The molecule has 0 saturated carbocycles. The van der Waals surface area contributed by atoms with Crippen LogP contribution in [0, 0.1) is 0 Å². The number of nitrogens with zero attached hydrogens (tertiary/aromatic N) is 1. The number of hydrogen-bond donors (Lipinski definition) is 1. The second-order valence-corrected chi connectivity index (χ2v) is 3.40. The first-order chi connectivity index (χ1) is 7.20. The average Bonchev–Trinajstić information content (AvgIpc) is 2.25. The van der Waals surface area contributed by atoms with Crippen LogP contribution in [0.3, 0.4) is 0 Å². The zero-order chi connectivity index (χ0) is 11.1. The van der Waals surface area contributed by atoms with Crippen LogP contribution in [-0.2, 0) is 9.53 Å². The molecule has 1 rings (SSSR count). The van der Waals surface area contributed by atoms with Crippen molar-refractivity contribution in [3.8, 4) is 0 Å². The summed E-state index contributed by atoms with van der Waals surface area (Å²) in [5.41, 5.74) is 0. The molecule has 1 heterocycles. The van der Waals surface area contributed by atoms with Crippen LogP contribution in [0.15, 0.2) is 0 Å². The smallest absolute Gasteiger partial charge is 0.315 e. The van der Waals surface area contributed by atoms with Gasteiger partial charge in [0.1, 0.15) is 0 Å². The number of amides is 1. The number of nitrogens with one attached hydrogen (secondary N) is 1. The van der Waals surface area contributed by atoms with E-state index in [1.165, 1.54) is 0 Å². The van der Waals surface area contributed by atoms with Crippen molar-refractivity contribution in [2.45, 2.75) is 12.8 Å². The van der Waals surface area contributed by atoms with E-state index < -0.39 is 12.3 Å². The summed E-state index contributed by atoms with van der Waals surface area (Å²) in [5, 5.41) is 2.17. The molecule has 0 aliphatic carbocycles. The molecule has 0 bridgehead atoms. The minimum atomic E-state index is -2.91. The van der Waals surface area contributed by atoms with Gasteiger partial charge < -0.3 is 10.1 Å². The molecule has 0 aromatic rings. The fourth-order valence-electron chi connectivity index (χ4n) is 1.42. The third-order valence-electron chi connectivity index (χ3n) is 2.25. The summed E-state index contributed by atoms with van der Waals surface area (Å²) in [4.78, 5) is 12.7. The molecule has 0 spiro atoms. The first-order valence-corrected chi connectivity index (χ1v) is 5.06. The van der Waals surface area contributed by atoms with Crippen LogP contribution >= 0.6 is 0 Å². The highest BCUT2D eigenvalue weighted by Gasteiger charge is 2.14. The normalized spacial score (nSPS) is 18.1. The standard InChI is InChI=1S/C9H16F2N2O2/c10-8(11)9(14)12-2-1-3-13-4-6-15-7-5-13/h8H,1-7H2,(H,12,14). The molecule has 15 heavy (non-hydrogen) atoms. The molecule has 1 saturated heterocycles. The van der Waals surface area contributed by atoms with Gasteiger partial charge in [0, 0.05) is 19.6 Å². The molecule has 4 nitrogen and oxygen atoms in total. The van der Waals surface area contributed by atoms with Gasteiger partial charge in [0.25, 0.3) is 5.91 Å². The molecule has 0 atom stereocenters. The van der Waals surface area contributed by atoms with Crippen molar-refractivity contribution in [2.24, 2.45) is 0 Å². The van der Waals surface area contributed by atoms with Gasteiger partial charge in [0.2, 0.25) is 0 Å². The molecular weight excluding hydrogens is 206 g/mol. The van der Waals surface area contributed by atoms with Crippen molar-refractivity contribution >= 4 is 5.91 Å². The predicted octanol–water partition coefficient (Wildman–Crippen LogP) is 0.0900. The van der Waals surface area contributed by atoms with E-state index in [4.69, 9.17) is 4.74 Å². The van der Waals surface area contributed by atoms with Crippen LogP contribution in [0.1, 0.15) is 6.42 Å². The monoisotopic (exact) mass is 222 g/mol. The Balaban J connectivity index is 1.98. The molecule has 1 fully saturated rings. The van der Waals surface area contributed by atoms with Crippen molar-refractivity contribution in [3.05, 3.63) is 0 Å². The Morgan fingerprint density at radius 3 is 2.67 bits per heavy atom. The van der Waals surface area contributed by atoms with Crippen LogP contribution in [-0.4, -0.2) is 56.6 Å². The number of halogens is 2. The minimum absolute atomic E-state index is 0.306. The lowest BCUT2D eigenvalue weighted by Gasteiger charge is -2.26. The first kappa shape index (κ1) is 12.3. The molecule has 1 N–H and O–H groups in total. The maximum atomic E-state index is 11.8. The Kier molecular flexibility index (Phi) is 5.49. The summed E-state index contributed by atoms with van der Waals surface area (Å²) in [6, 6.07) is 0. The fraction of sp³-hybridized carbons (Fsp3) is 0.889. The van der Waals surface area contributed by atoms with Crippen LogP contribution < -0.4 is 5.32 Å². The second-order valence-electron chi connectivity index (χ2n) is 3.40. The topological polar surface area (TPSA) is 41.6 Å². The number of alkyl halides is 2. The van der Waals surface area contributed by atoms with E-state index >= 15 is 0 Å². The maximum absolute atomic E-state index is 11.8. The maximum Gasteiger partial charge on any atom is 0.315 e. The number of rotatable bonds is 5. The molecule has 1 aliphatic rings. The first-order valence-electron chi connectivity index (χ1n) is 5.06. The number of carbonyl (C=O) groups is 1. The summed E-state index contributed by atoms with van der Waals surface area (Å²) >= 11 is 0. The largest absolute Gasteiger partial charge is 0.379 e. The number of morpholine rings is 1. The van der Waals surface area contributed by atoms with Gasteiger partial charge >= 0.3 is 6.43 Å². The minimum Gasteiger partial charge on any atom is -0.379 e. The molecule has 0 unspecified atom stereocenters. The Morgan fingerprint density at radius 2 is 2.07 bits per heavy atom. The molecule has 1 aliphatic heterocycles. The van der Waals surface area contributed by atoms with E-state index in [1.807, 2.05) is 0 Å². The fourth-order valence-corrected chi connectivity index (χ4v) is 1.42. The van der Waals surface area contributed by atoms with Crippen LogP contribution in [0.2, 0.25) is 0 Å². The van der Waals surface area contributed by atoms with Gasteiger partial charge in [-0.25, -0.2) is 0 Å². The quantitative estimate of drug-likeness (QED) is 0.670. The van der Waals surface area contributed by atoms with E-state index in [0.717, 1.165) is 32.8 Å². The molecule has 88 valence electrons. The van der Waals surface area contributed by atoms with E-state index in [1.54, 1.807) is 0 Å². The lowest BCUT2D eigenvalue weighted by Crippen LogP contribution is -2.38. The van der Waals surface area contributed by atoms with E-state index in [2.05, 4.69) is 10.2 Å². The van der Waals surface area contributed by atoms with Gasteiger partial charge in [-0.05, 0) is 13.0 Å². The lowest BCUT2D eigenvalue weighted by atomic mass is 10.3. The van der Waals surface area contributed by atoms with Gasteiger partial charge in [-0.15, -0.1) is 0 Å². The lowest BCUT2D eigenvalue weighted by molar-refractivity contribution is -0.131. The van der Waals surface area contributed by atoms with Crippen LogP contribution in [0.5, 0.6) is 0 Å². The van der Waals surface area contributed by atoms with Crippen LogP contribution in [0.25, 0.3) is 0 Å². The Hall–Kier alpha value is -0.750. The predicted molar refractivity (Wildman–Crippen MR) is 50.9 cm³/mol. The third-order valence-corrected chi connectivity index (χ3v) is 2.25. The van der Waals surface area contributed by atoms with E-state index in [-0.39, 0.29) is 0 Å². The van der Waals surface area contributed by atoms with Gasteiger partial charge in [-0.3, -0.25) is 9.69 Å². The average molecular weight is 222 g/mol. The molecular formula is C9H16F2N2O2. The highest BCUT2D eigenvalue weighted by Crippen LogP contribution is 1.97. The molecule has 0 radical (unpaired) electrons. The van der Waals surface area contributed by atoms with Crippen molar-refractivity contribution in [2.75, 3.05) is 39.4 Å². The zero-order valence-electron chi connectivity index (χ0n) is 8.55. The SMILES string of the molecule is O=C(NCCCN1CCOCC1)C(F)F. The number of carbonyl (C=O) groups excluding carboxylic acids is 1.